The third-order valence-electron chi connectivity index (χ3n) is 4.84. The first kappa shape index (κ1) is 16.5. The van der Waals surface area contributed by atoms with Crippen LogP contribution in [0.5, 0.6) is 0 Å². The molecule has 0 saturated carbocycles. The van der Waals surface area contributed by atoms with Gasteiger partial charge in [0.1, 0.15) is 0 Å². The highest BCUT2D eigenvalue weighted by molar-refractivity contribution is 5.85. The van der Waals surface area contributed by atoms with Crippen molar-refractivity contribution >= 4 is 0 Å². The summed E-state index contributed by atoms with van der Waals surface area (Å²) in [4.78, 5) is 0. The van der Waals surface area contributed by atoms with Gasteiger partial charge in [-0.25, -0.2) is 0 Å². The molecule has 0 unspecified atom stereocenters. The third-order valence-corrected chi connectivity index (χ3v) is 4.84. The van der Waals surface area contributed by atoms with E-state index in [4.69, 9.17) is 0 Å². The van der Waals surface area contributed by atoms with Gasteiger partial charge in [-0.3, -0.25) is 0 Å². The minimum atomic E-state index is 0.148. The van der Waals surface area contributed by atoms with Gasteiger partial charge in [0.15, 0.2) is 0 Å². The van der Waals surface area contributed by atoms with Gasteiger partial charge in [0.25, 0.3) is 0 Å². The lowest BCUT2D eigenvalue weighted by atomic mass is 9.81. The molecule has 0 bridgehead atoms. The summed E-state index contributed by atoms with van der Waals surface area (Å²) in [6, 6.07) is 24.1. The Labute approximate surface area is 146 Å². The summed E-state index contributed by atoms with van der Waals surface area (Å²) in [5.74, 6) is 0. The summed E-state index contributed by atoms with van der Waals surface area (Å²) in [6.07, 6.45) is 0. The zero-order valence-electron chi connectivity index (χ0n) is 15.4. The van der Waals surface area contributed by atoms with Crippen LogP contribution < -0.4 is 0 Å². The summed E-state index contributed by atoms with van der Waals surface area (Å²) in [7, 11) is 0. The van der Waals surface area contributed by atoms with Crippen molar-refractivity contribution < 1.29 is 0 Å². The molecule has 0 aliphatic rings. The van der Waals surface area contributed by atoms with E-state index >= 15 is 0 Å². The van der Waals surface area contributed by atoms with E-state index in [1.807, 2.05) is 0 Å². The van der Waals surface area contributed by atoms with Gasteiger partial charge in [-0.2, -0.15) is 0 Å². The fourth-order valence-electron chi connectivity index (χ4n) is 3.16. The normalized spacial score (nSPS) is 11.5. The van der Waals surface area contributed by atoms with Crippen LogP contribution in [0.15, 0.2) is 66.7 Å². The van der Waals surface area contributed by atoms with Crippen LogP contribution >= 0.6 is 0 Å². The smallest absolute Gasteiger partial charge is 0.0103 e. The van der Waals surface area contributed by atoms with E-state index in [9.17, 15) is 0 Å². The first-order valence-electron chi connectivity index (χ1n) is 8.64. The van der Waals surface area contributed by atoms with Crippen LogP contribution in [0, 0.1) is 13.8 Å². The molecule has 3 aromatic rings. The van der Waals surface area contributed by atoms with E-state index in [-0.39, 0.29) is 5.41 Å². The van der Waals surface area contributed by atoms with Gasteiger partial charge in [-0.1, -0.05) is 87.5 Å². The molecule has 3 aromatic carbocycles. The van der Waals surface area contributed by atoms with E-state index in [1.54, 1.807) is 0 Å². The fraction of sp³-hybridized carbons (Fsp3) is 0.250. The average molecular weight is 314 g/mol. The van der Waals surface area contributed by atoms with Gasteiger partial charge < -0.3 is 0 Å². The zero-order chi connectivity index (χ0) is 17.3. The molecule has 0 heterocycles. The second-order valence-electron chi connectivity index (χ2n) is 7.63. The van der Waals surface area contributed by atoms with Crippen LogP contribution in [0.25, 0.3) is 22.3 Å². The van der Waals surface area contributed by atoms with Crippen LogP contribution in [0.2, 0.25) is 0 Å². The Morgan fingerprint density at radius 3 is 1.83 bits per heavy atom. The van der Waals surface area contributed by atoms with E-state index < -0.39 is 0 Å². The number of aryl methyl sites for hydroxylation is 1. The van der Waals surface area contributed by atoms with Gasteiger partial charge in [0.05, 0.1) is 0 Å². The minimum Gasteiger partial charge on any atom is -0.0622 e. The summed E-state index contributed by atoms with van der Waals surface area (Å²) >= 11 is 0. The Morgan fingerprint density at radius 1 is 0.625 bits per heavy atom. The molecule has 0 spiro atoms. The molecule has 0 saturated heterocycles. The average Bonchev–Trinajstić information content (AvgIpc) is 2.57. The molecule has 0 radical (unpaired) electrons. The van der Waals surface area contributed by atoms with Crippen molar-refractivity contribution in [3.63, 3.8) is 0 Å². The Hall–Kier alpha value is -2.34. The first-order valence-corrected chi connectivity index (χ1v) is 8.64. The molecule has 0 nitrogen and oxygen atoms in total. The maximum Gasteiger partial charge on any atom is -0.0103 e. The van der Waals surface area contributed by atoms with Crippen molar-refractivity contribution in [2.45, 2.75) is 40.0 Å². The fourth-order valence-corrected chi connectivity index (χ4v) is 3.16. The van der Waals surface area contributed by atoms with Gasteiger partial charge in [0.2, 0.25) is 0 Å². The zero-order valence-corrected chi connectivity index (χ0v) is 15.4. The van der Waals surface area contributed by atoms with E-state index in [2.05, 4.69) is 101 Å². The molecule has 24 heavy (non-hydrogen) atoms. The summed E-state index contributed by atoms with van der Waals surface area (Å²) < 4.78 is 0. The van der Waals surface area contributed by atoms with Crippen molar-refractivity contribution in [1.29, 1.82) is 0 Å². The molecular weight excluding hydrogens is 288 g/mol. The predicted molar refractivity (Wildman–Crippen MR) is 105 cm³/mol. The molecule has 0 atom stereocenters. The highest BCUT2D eigenvalue weighted by Crippen LogP contribution is 2.37. The quantitative estimate of drug-likeness (QED) is 0.481. The van der Waals surface area contributed by atoms with E-state index in [0.29, 0.717) is 0 Å². The molecule has 122 valence electrons. The van der Waals surface area contributed by atoms with Gasteiger partial charge >= 0.3 is 0 Å². The van der Waals surface area contributed by atoms with Crippen LogP contribution in [0.4, 0.5) is 0 Å². The Kier molecular flexibility index (Phi) is 4.32. The third kappa shape index (κ3) is 3.14. The predicted octanol–water partition coefficient (Wildman–Crippen LogP) is 6.93. The topological polar surface area (TPSA) is 0 Å². The molecule has 0 N–H and O–H groups in total. The molecule has 3 rings (SSSR count). The van der Waals surface area contributed by atoms with E-state index in [1.165, 1.54) is 38.9 Å². The lowest BCUT2D eigenvalue weighted by molar-refractivity contribution is 0.590. The highest BCUT2D eigenvalue weighted by atomic mass is 14.2. The molecular formula is C24H26. The van der Waals surface area contributed by atoms with Crippen LogP contribution in [-0.2, 0) is 5.41 Å². The SMILES string of the molecule is Cc1cc(C(C)(C)C)cc(-c2ccccc2-c2ccccc2)c1C. The van der Waals surface area contributed by atoms with Gasteiger partial charge in [-0.15, -0.1) is 0 Å². The lowest BCUT2D eigenvalue weighted by Gasteiger charge is -2.23. The summed E-state index contributed by atoms with van der Waals surface area (Å²) in [5, 5.41) is 0. The van der Waals surface area contributed by atoms with Gasteiger partial charge in [0, 0.05) is 0 Å². The van der Waals surface area contributed by atoms with Gasteiger partial charge in [-0.05, 0) is 58.2 Å². The maximum absolute atomic E-state index is 2.38. The Balaban J connectivity index is 2.26. The second kappa shape index (κ2) is 6.28. The number of benzene rings is 3. The lowest BCUT2D eigenvalue weighted by Crippen LogP contribution is -2.12. The Bertz CT molecular complexity index is 849. The highest BCUT2D eigenvalue weighted by Gasteiger charge is 2.18. The molecule has 0 aromatic heterocycles. The molecule has 0 aliphatic heterocycles. The van der Waals surface area contributed by atoms with Crippen molar-refractivity contribution in [1.82, 2.24) is 0 Å². The molecule has 0 aliphatic carbocycles. The van der Waals surface area contributed by atoms with Crippen molar-refractivity contribution in [2.24, 2.45) is 0 Å². The summed E-state index contributed by atoms with van der Waals surface area (Å²) in [5.41, 5.74) is 9.50. The maximum atomic E-state index is 2.38. The Morgan fingerprint density at radius 2 is 1.21 bits per heavy atom. The molecule has 0 fully saturated rings. The second-order valence-corrected chi connectivity index (χ2v) is 7.63. The van der Waals surface area contributed by atoms with Crippen molar-refractivity contribution in [3.05, 3.63) is 83.4 Å². The van der Waals surface area contributed by atoms with E-state index in [0.717, 1.165) is 0 Å². The van der Waals surface area contributed by atoms with Crippen LogP contribution in [-0.4, -0.2) is 0 Å². The largest absolute Gasteiger partial charge is 0.0622 e. The molecule has 0 amide bonds. The van der Waals surface area contributed by atoms with Crippen molar-refractivity contribution in [3.8, 4) is 22.3 Å². The monoisotopic (exact) mass is 314 g/mol. The molecule has 0 heteroatoms. The number of hydrogen-bond acceptors (Lipinski definition) is 0. The number of hydrogen-bond donors (Lipinski definition) is 0. The van der Waals surface area contributed by atoms with Crippen molar-refractivity contribution in [2.75, 3.05) is 0 Å². The summed E-state index contributed by atoms with van der Waals surface area (Å²) in [6.45, 7) is 11.3. The van der Waals surface area contributed by atoms with Crippen LogP contribution in [0.1, 0.15) is 37.5 Å². The first-order chi connectivity index (χ1) is 11.4. The standard InChI is InChI=1S/C24H26/c1-17-15-20(24(3,4)5)16-23(18(17)2)22-14-10-9-13-21(22)19-11-7-6-8-12-19/h6-16H,1-5H3. The number of rotatable bonds is 2. The van der Waals surface area contributed by atoms with Crippen LogP contribution in [0.3, 0.4) is 0 Å². The minimum absolute atomic E-state index is 0.148.